The molecule has 1 heterocycles. The molecule has 0 fully saturated rings. The van der Waals surface area contributed by atoms with Gasteiger partial charge in [0.05, 0.1) is 11.7 Å². The molecule has 7 nitrogen and oxygen atoms in total. The van der Waals surface area contributed by atoms with E-state index in [4.69, 9.17) is 0 Å². The SMILES string of the molecule is CC[C@H](C)[C@H](NC(=O)c1ccccc1)C(=O)N(C)C(C)c1ccc(-n2cncn2)cc1. The Bertz CT molecular complexity index is 987. The molecule has 162 valence electrons. The van der Waals surface area contributed by atoms with Crippen molar-refractivity contribution in [1.82, 2.24) is 25.0 Å². The normalized spacial score (nSPS) is 13.8. The predicted octanol–water partition coefficient (Wildman–Crippen LogP) is 3.63. The molecule has 1 aromatic heterocycles. The van der Waals surface area contributed by atoms with Crippen LogP contribution in [-0.4, -0.2) is 44.6 Å². The smallest absolute Gasteiger partial charge is 0.251 e. The molecular formula is C24H29N5O2. The third-order valence-corrected chi connectivity index (χ3v) is 5.79. The van der Waals surface area contributed by atoms with Crippen molar-refractivity contribution in [3.8, 4) is 5.69 Å². The predicted molar refractivity (Wildman–Crippen MR) is 120 cm³/mol. The number of likely N-dealkylation sites (N-methyl/N-ethyl adjacent to an activating group) is 1. The number of hydrogen-bond donors (Lipinski definition) is 1. The van der Waals surface area contributed by atoms with Gasteiger partial charge in [0.1, 0.15) is 18.7 Å². The second-order valence-electron chi connectivity index (χ2n) is 7.76. The second-order valence-corrected chi connectivity index (χ2v) is 7.76. The van der Waals surface area contributed by atoms with Crippen molar-refractivity contribution in [3.05, 3.63) is 78.4 Å². The van der Waals surface area contributed by atoms with Crippen molar-refractivity contribution >= 4 is 11.8 Å². The van der Waals surface area contributed by atoms with Gasteiger partial charge in [-0.25, -0.2) is 9.67 Å². The van der Waals surface area contributed by atoms with Gasteiger partial charge in [0.15, 0.2) is 0 Å². The van der Waals surface area contributed by atoms with Crippen LogP contribution in [0.1, 0.15) is 49.2 Å². The Hall–Kier alpha value is -3.48. The molecular weight excluding hydrogens is 390 g/mol. The molecule has 3 atom stereocenters. The summed E-state index contributed by atoms with van der Waals surface area (Å²) < 4.78 is 1.68. The summed E-state index contributed by atoms with van der Waals surface area (Å²) in [4.78, 5) is 31.7. The highest BCUT2D eigenvalue weighted by molar-refractivity contribution is 5.97. The van der Waals surface area contributed by atoms with Crippen LogP contribution in [0.25, 0.3) is 5.69 Å². The first-order valence-corrected chi connectivity index (χ1v) is 10.5. The van der Waals surface area contributed by atoms with Gasteiger partial charge in [0.2, 0.25) is 5.91 Å². The molecule has 7 heteroatoms. The van der Waals surface area contributed by atoms with Crippen LogP contribution in [-0.2, 0) is 4.79 Å². The summed E-state index contributed by atoms with van der Waals surface area (Å²) in [5.74, 6) is -0.339. The van der Waals surface area contributed by atoms with Crippen molar-refractivity contribution < 1.29 is 9.59 Å². The third kappa shape index (κ3) is 5.17. The van der Waals surface area contributed by atoms with Gasteiger partial charge < -0.3 is 10.2 Å². The number of amides is 2. The second kappa shape index (κ2) is 10.0. The summed E-state index contributed by atoms with van der Waals surface area (Å²) in [6, 6.07) is 16.1. The molecule has 2 amide bonds. The Morgan fingerprint density at radius 2 is 1.74 bits per heavy atom. The van der Waals surface area contributed by atoms with Crippen LogP contribution in [0.3, 0.4) is 0 Å². The number of carbonyl (C=O) groups is 2. The van der Waals surface area contributed by atoms with E-state index in [-0.39, 0.29) is 23.8 Å². The zero-order valence-corrected chi connectivity index (χ0v) is 18.4. The van der Waals surface area contributed by atoms with Gasteiger partial charge in [-0.15, -0.1) is 0 Å². The molecule has 1 N–H and O–H groups in total. The van der Waals surface area contributed by atoms with Gasteiger partial charge in [0, 0.05) is 12.6 Å². The van der Waals surface area contributed by atoms with E-state index in [1.165, 1.54) is 6.33 Å². The molecule has 0 spiro atoms. The number of rotatable bonds is 8. The summed E-state index contributed by atoms with van der Waals surface area (Å²) in [6.07, 6.45) is 3.91. The first-order valence-electron chi connectivity index (χ1n) is 10.5. The number of aromatic nitrogens is 3. The highest BCUT2D eigenvalue weighted by Gasteiger charge is 2.31. The standard InChI is InChI=1S/C24H29N5O2/c1-5-17(2)22(27-23(30)20-9-7-6-8-10-20)24(31)28(4)18(3)19-11-13-21(14-12-19)29-16-25-15-26-29/h6-18,22H,5H2,1-4H3,(H,27,30)/t17-,18?,22-/m0/s1. The average Bonchev–Trinajstić information content (AvgIpc) is 3.36. The van der Waals surface area contributed by atoms with Crippen LogP contribution in [0, 0.1) is 5.92 Å². The summed E-state index contributed by atoms with van der Waals surface area (Å²) in [5, 5.41) is 7.08. The largest absolute Gasteiger partial charge is 0.340 e. The molecule has 1 unspecified atom stereocenters. The summed E-state index contributed by atoms with van der Waals surface area (Å²) >= 11 is 0. The van der Waals surface area contributed by atoms with Crippen LogP contribution in [0.2, 0.25) is 0 Å². The third-order valence-electron chi connectivity index (χ3n) is 5.79. The minimum Gasteiger partial charge on any atom is -0.340 e. The number of benzene rings is 2. The van der Waals surface area contributed by atoms with E-state index in [0.717, 1.165) is 17.7 Å². The highest BCUT2D eigenvalue weighted by Crippen LogP contribution is 2.23. The minimum atomic E-state index is -0.598. The number of hydrogen-bond acceptors (Lipinski definition) is 4. The molecule has 2 aromatic carbocycles. The summed E-state index contributed by atoms with van der Waals surface area (Å²) in [7, 11) is 1.78. The van der Waals surface area contributed by atoms with Gasteiger partial charge in [-0.1, -0.05) is 50.6 Å². The molecule has 0 saturated heterocycles. The minimum absolute atomic E-state index is 0.00417. The fourth-order valence-electron chi connectivity index (χ4n) is 3.38. The Balaban J connectivity index is 1.74. The molecule has 0 aliphatic carbocycles. The van der Waals surface area contributed by atoms with Gasteiger partial charge in [-0.3, -0.25) is 9.59 Å². The molecule has 3 aromatic rings. The number of nitrogens with zero attached hydrogens (tertiary/aromatic N) is 4. The van der Waals surface area contributed by atoms with Crippen molar-refractivity contribution in [2.75, 3.05) is 7.05 Å². The molecule has 0 radical (unpaired) electrons. The Morgan fingerprint density at radius 3 is 2.32 bits per heavy atom. The van der Waals surface area contributed by atoms with Crippen molar-refractivity contribution in [1.29, 1.82) is 0 Å². The maximum absolute atomic E-state index is 13.4. The van der Waals surface area contributed by atoms with E-state index >= 15 is 0 Å². The van der Waals surface area contributed by atoms with Gasteiger partial charge >= 0.3 is 0 Å². The first kappa shape index (κ1) is 22.2. The van der Waals surface area contributed by atoms with Crippen LogP contribution in [0.5, 0.6) is 0 Å². The maximum Gasteiger partial charge on any atom is 0.251 e. The van der Waals surface area contributed by atoms with E-state index in [9.17, 15) is 9.59 Å². The fourth-order valence-corrected chi connectivity index (χ4v) is 3.38. The average molecular weight is 420 g/mol. The van der Waals surface area contributed by atoms with Crippen molar-refractivity contribution in [2.24, 2.45) is 5.92 Å². The van der Waals surface area contributed by atoms with Crippen LogP contribution in [0.15, 0.2) is 67.3 Å². The summed E-state index contributed by atoms with van der Waals surface area (Å²) in [6.45, 7) is 5.99. The molecule has 0 saturated carbocycles. The summed E-state index contributed by atoms with van der Waals surface area (Å²) in [5.41, 5.74) is 2.44. The molecule has 31 heavy (non-hydrogen) atoms. The zero-order chi connectivity index (χ0) is 22.4. The molecule has 3 rings (SSSR count). The molecule has 0 bridgehead atoms. The van der Waals surface area contributed by atoms with E-state index in [0.29, 0.717) is 5.56 Å². The lowest BCUT2D eigenvalue weighted by Crippen LogP contribution is -2.51. The molecule has 0 aliphatic heterocycles. The monoisotopic (exact) mass is 419 g/mol. The van der Waals surface area contributed by atoms with E-state index in [1.807, 2.05) is 63.2 Å². The topological polar surface area (TPSA) is 80.1 Å². The first-order chi connectivity index (χ1) is 14.9. The lowest BCUT2D eigenvalue weighted by atomic mass is 9.96. The number of nitrogens with one attached hydrogen (secondary N) is 1. The maximum atomic E-state index is 13.4. The van der Waals surface area contributed by atoms with Crippen molar-refractivity contribution in [3.63, 3.8) is 0 Å². The Kier molecular flexibility index (Phi) is 7.18. The van der Waals surface area contributed by atoms with Gasteiger partial charge in [-0.05, 0) is 42.7 Å². The lowest BCUT2D eigenvalue weighted by Gasteiger charge is -2.32. The molecule has 0 aliphatic rings. The van der Waals surface area contributed by atoms with Crippen LogP contribution < -0.4 is 5.32 Å². The van der Waals surface area contributed by atoms with Crippen LogP contribution >= 0.6 is 0 Å². The number of carbonyl (C=O) groups excluding carboxylic acids is 2. The Labute approximate surface area is 183 Å². The fraction of sp³-hybridized carbons (Fsp3) is 0.333. The highest BCUT2D eigenvalue weighted by atomic mass is 16.2. The Morgan fingerprint density at radius 1 is 1.06 bits per heavy atom. The zero-order valence-electron chi connectivity index (χ0n) is 18.4. The van der Waals surface area contributed by atoms with Crippen LogP contribution in [0.4, 0.5) is 0 Å². The van der Waals surface area contributed by atoms with E-state index < -0.39 is 6.04 Å². The van der Waals surface area contributed by atoms with E-state index in [2.05, 4.69) is 15.4 Å². The van der Waals surface area contributed by atoms with Crippen molar-refractivity contribution in [2.45, 2.75) is 39.3 Å². The van der Waals surface area contributed by atoms with Gasteiger partial charge in [-0.2, -0.15) is 5.10 Å². The van der Waals surface area contributed by atoms with E-state index in [1.54, 1.807) is 35.1 Å². The van der Waals surface area contributed by atoms with Gasteiger partial charge in [0.25, 0.3) is 5.91 Å². The lowest BCUT2D eigenvalue weighted by molar-refractivity contribution is -0.135. The quantitative estimate of drug-likeness (QED) is 0.605.